The molecule has 1 aromatic heterocycles. The lowest BCUT2D eigenvalue weighted by molar-refractivity contribution is -0.114. The molecule has 0 aliphatic carbocycles. The Hall–Kier alpha value is -3.10. The van der Waals surface area contributed by atoms with Crippen molar-refractivity contribution in [2.45, 2.75) is 6.92 Å². The van der Waals surface area contributed by atoms with E-state index in [1.54, 1.807) is 12.1 Å². The van der Waals surface area contributed by atoms with E-state index in [9.17, 15) is 26.7 Å². The Kier molecular flexibility index (Phi) is 4.07. The predicted octanol–water partition coefficient (Wildman–Crippen LogP) is 3.58. The van der Waals surface area contributed by atoms with E-state index in [0.717, 1.165) is 0 Å². The van der Waals surface area contributed by atoms with Gasteiger partial charge in [0, 0.05) is 12.4 Å². The fourth-order valence-electron chi connectivity index (χ4n) is 2.24. The summed E-state index contributed by atoms with van der Waals surface area (Å²) in [7, 11) is 0. The van der Waals surface area contributed by atoms with Gasteiger partial charge in [-0.05, 0) is 24.6 Å². The SMILES string of the molecule is CC1=NN(c2c(F)c(F)c(F)c(F)c2F)C(=O)/C1=C/c1cccnc1. The molecule has 0 unspecified atom stereocenters. The standard InChI is InChI=1S/C16H8F5N3O/c1-7-9(5-8-3-2-4-22-6-8)16(25)24(23-7)15-13(20)11(18)10(17)12(19)14(15)21/h2-6H,1H3/b9-5+. The van der Waals surface area contributed by atoms with Crippen molar-refractivity contribution in [1.82, 2.24) is 4.98 Å². The number of halogens is 5. The van der Waals surface area contributed by atoms with Crippen molar-refractivity contribution >= 4 is 23.4 Å². The summed E-state index contributed by atoms with van der Waals surface area (Å²) in [5.74, 6) is -11.9. The minimum absolute atomic E-state index is 0.0535. The molecule has 0 saturated carbocycles. The quantitative estimate of drug-likeness (QED) is 0.359. The average Bonchev–Trinajstić information content (AvgIpc) is 2.87. The number of hydrazone groups is 1. The Morgan fingerprint density at radius 1 is 1.00 bits per heavy atom. The zero-order chi connectivity index (χ0) is 18.3. The molecule has 0 spiro atoms. The van der Waals surface area contributed by atoms with E-state index in [1.807, 2.05) is 0 Å². The lowest BCUT2D eigenvalue weighted by Crippen LogP contribution is -2.25. The van der Waals surface area contributed by atoms with Gasteiger partial charge in [-0.25, -0.2) is 22.0 Å². The second-order valence-corrected chi connectivity index (χ2v) is 5.07. The first kappa shape index (κ1) is 16.7. The number of hydrogen-bond donors (Lipinski definition) is 0. The molecule has 3 rings (SSSR count). The maximum absolute atomic E-state index is 13.9. The summed E-state index contributed by atoms with van der Waals surface area (Å²) in [6.07, 6.45) is 4.27. The van der Waals surface area contributed by atoms with Gasteiger partial charge in [-0.1, -0.05) is 6.07 Å². The van der Waals surface area contributed by atoms with Gasteiger partial charge in [-0.2, -0.15) is 10.1 Å². The normalized spacial score (nSPS) is 15.9. The van der Waals surface area contributed by atoms with Crippen LogP contribution < -0.4 is 5.01 Å². The van der Waals surface area contributed by atoms with Crippen LogP contribution >= 0.6 is 0 Å². The summed E-state index contributed by atoms with van der Waals surface area (Å²) >= 11 is 0. The second kappa shape index (κ2) is 6.08. The van der Waals surface area contributed by atoms with Crippen LogP contribution in [-0.2, 0) is 4.79 Å². The molecule has 1 aliphatic rings. The highest BCUT2D eigenvalue weighted by Gasteiger charge is 2.36. The van der Waals surface area contributed by atoms with Crippen molar-refractivity contribution in [3.8, 4) is 0 Å². The third kappa shape index (κ3) is 2.67. The molecule has 1 amide bonds. The molecule has 0 N–H and O–H groups in total. The van der Waals surface area contributed by atoms with Crippen molar-refractivity contribution in [2.24, 2.45) is 5.10 Å². The topological polar surface area (TPSA) is 45.6 Å². The van der Waals surface area contributed by atoms with E-state index in [0.29, 0.717) is 5.56 Å². The number of amides is 1. The number of nitrogens with zero attached hydrogens (tertiary/aromatic N) is 3. The summed E-state index contributed by atoms with van der Waals surface area (Å²) < 4.78 is 67.6. The van der Waals surface area contributed by atoms with E-state index in [1.165, 1.54) is 25.4 Å². The molecule has 25 heavy (non-hydrogen) atoms. The molecule has 0 radical (unpaired) electrons. The fourth-order valence-corrected chi connectivity index (χ4v) is 2.24. The van der Waals surface area contributed by atoms with Gasteiger partial charge in [0.05, 0.1) is 11.3 Å². The number of hydrogen-bond acceptors (Lipinski definition) is 3. The van der Waals surface area contributed by atoms with Crippen LogP contribution in [0.3, 0.4) is 0 Å². The Morgan fingerprint density at radius 3 is 2.16 bits per heavy atom. The zero-order valence-corrected chi connectivity index (χ0v) is 12.5. The first-order chi connectivity index (χ1) is 11.8. The van der Waals surface area contributed by atoms with E-state index >= 15 is 0 Å². The van der Waals surface area contributed by atoms with Gasteiger partial charge in [0.15, 0.2) is 23.3 Å². The van der Waals surface area contributed by atoms with Gasteiger partial charge in [-0.3, -0.25) is 9.78 Å². The fraction of sp³-hybridized carbons (Fsp3) is 0.0625. The molecule has 1 aromatic carbocycles. The largest absolute Gasteiger partial charge is 0.280 e. The van der Waals surface area contributed by atoms with Crippen LogP contribution in [0.2, 0.25) is 0 Å². The van der Waals surface area contributed by atoms with Crippen molar-refractivity contribution in [1.29, 1.82) is 0 Å². The zero-order valence-electron chi connectivity index (χ0n) is 12.5. The van der Waals surface area contributed by atoms with Crippen LogP contribution in [0.25, 0.3) is 6.08 Å². The maximum Gasteiger partial charge on any atom is 0.280 e. The molecule has 0 saturated heterocycles. The summed E-state index contributed by atoms with van der Waals surface area (Å²) in [4.78, 5) is 16.2. The molecule has 4 nitrogen and oxygen atoms in total. The van der Waals surface area contributed by atoms with E-state index < -0.39 is 40.7 Å². The minimum atomic E-state index is -2.31. The number of carbonyl (C=O) groups is 1. The van der Waals surface area contributed by atoms with Gasteiger partial charge in [0.2, 0.25) is 5.82 Å². The Morgan fingerprint density at radius 2 is 1.60 bits per heavy atom. The van der Waals surface area contributed by atoms with Crippen molar-refractivity contribution < 1.29 is 26.7 Å². The van der Waals surface area contributed by atoms with Crippen molar-refractivity contribution in [2.75, 3.05) is 5.01 Å². The van der Waals surface area contributed by atoms with Crippen LogP contribution in [-0.4, -0.2) is 16.6 Å². The lowest BCUT2D eigenvalue weighted by atomic mass is 10.1. The molecule has 2 aromatic rings. The Labute approximate surface area is 137 Å². The molecule has 0 bridgehead atoms. The van der Waals surface area contributed by atoms with Gasteiger partial charge >= 0.3 is 0 Å². The average molecular weight is 353 g/mol. The molecule has 1 aliphatic heterocycles. The molecule has 9 heteroatoms. The predicted molar refractivity (Wildman–Crippen MR) is 79.0 cm³/mol. The van der Waals surface area contributed by atoms with Gasteiger partial charge < -0.3 is 0 Å². The molecule has 0 atom stereocenters. The monoisotopic (exact) mass is 353 g/mol. The minimum Gasteiger partial charge on any atom is -0.267 e. The highest BCUT2D eigenvalue weighted by molar-refractivity contribution is 6.32. The maximum atomic E-state index is 13.9. The highest BCUT2D eigenvalue weighted by atomic mass is 19.2. The van der Waals surface area contributed by atoms with E-state index in [4.69, 9.17) is 0 Å². The summed E-state index contributed by atoms with van der Waals surface area (Å²) in [6, 6.07) is 3.21. The number of rotatable bonds is 2. The van der Waals surface area contributed by atoms with Gasteiger partial charge in [-0.15, -0.1) is 0 Å². The van der Waals surface area contributed by atoms with E-state index in [-0.39, 0.29) is 16.3 Å². The Balaban J connectivity index is 2.11. The van der Waals surface area contributed by atoms with Crippen LogP contribution in [0.4, 0.5) is 27.6 Å². The van der Waals surface area contributed by atoms with Crippen molar-refractivity contribution in [3.05, 3.63) is 64.7 Å². The van der Waals surface area contributed by atoms with Gasteiger partial charge in [0.25, 0.3) is 5.91 Å². The Bertz CT molecular complexity index is 912. The first-order valence-electron chi connectivity index (χ1n) is 6.86. The number of carbonyl (C=O) groups excluding carboxylic acids is 1. The van der Waals surface area contributed by atoms with Crippen molar-refractivity contribution in [3.63, 3.8) is 0 Å². The van der Waals surface area contributed by atoms with Crippen LogP contribution in [0, 0.1) is 29.1 Å². The van der Waals surface area contributed by atoms with Crippen LogP contribution in [0.5, 0.6) is 0 Å². The number of anilines is 1. The van der Waals surface area contributed by atoms with E-state index in [2.05, 4.69) is 10.1 Å². The summed E-state index contributed by atoms with van der Waals surface area (Å²) in [5, 5.41) is 3.79. The number of benzene rings is 1. The number of aromatic nitrogens is 1. The van der Waals surface area contributed by atoms with Crippen LogP contribution in [0.1, 0.15) is 12.5 Å². The summed E-state index contributed by atoms with van der Waals surface area (Å²) in [6.45, 7) is 1.37. The number of pyridine rings is 1. The molecule has 128 valence electrons. The third-order valence-electron chi connectivity index (χ3n) is 3.46. The van der Waals surface area contributed by atoms with Crippen LogP contribution in [0.15, 0.2) is 35.2 Å². The second-order valence-electron chi connectivity index (χ2n) is 5.07. The highest BCUT2D eigenvalue weighted by Crippen LogP contribution is 2.33. The molecule has 2 heterocycles. The smallest absolute Gasteiger partial charge is 0.267 e. The molecular formula is C16H8F5N3O. The molecule has 0 fully saturated rings. The first-order valence-corrected chi connectivity index (χ1v) is 6.86. The third-order valence-corrected chi connectivity index (χ3v) is 3.46. The van der Waals surface area contributed by atoms with Gasteiger partial charge in [0.1, 0.15) is 5.69 Å². The summed E-state index contributed by atoms with van der Waals surface area (Å²) in [5.41, 5.74) is -0.926. The molecular weight excluding hydrogens is 345 g/mol. The lowest BCUT2D eigenvalue weighted by Gasteiger charge is -2.15.